The van der Waals surface area contributed by atoms with E-state index in [0.717, 1.165) is 16.8 Å². The average Bonchev–Trinajstić information content (AvgIpc) is 3.38. The van der Waals surface area contributed by atoms with Gasteiger partial charge in [-0.05, 0) is 44.7 Å². The van der Waals surface area contributed by atoms with Crippen molar-refractivity contribution in [3.63, 3.8) is 0 Å². The number of nitrogens with zero attached hydrogens (tertiary/aromatic N) is 2. The number of thioether (sulfide) groups is 1. The Kier molecular flexibility index (Phi) is 6.90. The Bertz CT molecular complexity index is 1050. The van der Waals surface area contributed by atoms with Gasteiger partial charge in [-0.2, -0.15) is 0 Å². The van der Waals surface area contributed by atoms with Gasteiger partial charge in [0.05, 0.1) is 23.2 Å². The van der Waals surface area contributed by atoms with Crippen molar-refractivity contribution in [3.05, 3.63) is 54.6 Å². The highest BCUT2D eigenvalue weighted by Gasteiger charge is 2.77. The molecule has 0 aromatic heterocycles. The highest BCUT2D eigenvalue weighted by Crippen LogP contribution is 2.71. The average molecular weight is 499 g/mol. The maximum absolute atomic E-state index is 14.4. The number of hydrogen-bond acceptors (Lipinski definition) is 6. The van der Waals surface area contributed by atoms with Crippen LogP contribution in [0.1, 0.15) is 30.9 Å². The van der Waals surface area contributed by atoms with Crippen LogP contribution in [0, 0.1) is 25.7 Å². The van der Waals surface area contributed by atoms with Crippen LogP contribution in [-0.4, -0.2) is 69.6 Å². The number of aryl methyl sites for hydroxylation is 2. The number of ether oxygens (including phenoxy) is 1. The number of fused-ring (bicyclic) bond motifs is 1. The summed E-state index contributed by atoms with van der Waals surface area (Å²) in [5, 5.41) is 9.82. The summed E-state index contributed by atoms with van der Waals surface area (Å²) >= 11 is 1.59. The molecule has 2 unspecified atom stereocenters. The summed E-state index contributed by atoms with van der Waals surface area (Å²) in [6.45, 7) is 13.5. The zero-order chi connectivity index (χ0) is 25.5. The summed E-state index contributed by atoms with van der Waals surface area (Å²) in [4.78, 5) is 44.6. The number of β-amino-alcohol motifs (C(OH)–C–C–N with tert-alkyl or cyclic N) is 1. The highest BCUT2D eigenvalue weighted by molar-refractivity contribution is 8.02. The molecule has 2 bridgehead atoms. The lowest BCUT2D eigenvalue weighted by Crippen LogP contribution is -2.55. The van der Waals surface area contributed by atoms with Crippen LogP contribution >= 0.6 is 11.8 Å². The SMILES string of the molecule is C=CCOC(=O)[C@H]1[C@H]2C(=O)N(CCO)C(C(=O)N(CC=C)c3c(C)cccc3C)C23CC[C@]1(C)S3. The second-order valence-corrected chi connectivity index (χ2v) is 11.8. The molecule has 2 amide bonds. The number of amides is 2. The summed E-state index contributed by atoms with van der Waals surface area (Å²) in [5.41, 5.74) is 2.71. The zero-order valence-electron chi connectivity index (χ0n) is 20.7. The summed E-state index contributed by atoms with van der Waals surface area (Å²) in [5.74, 6) is -2.21. The number of benzene rings is 1. The fourth-order valence-corrected chi connectivity index (χ4v) is 8.78. The van der Waals surface area contributed by atoms with Gasteiger partial charge in [-0.25, -0.2) is 0 Å². The van der Waals surface area contributed by atoms with Crippen molar-refractivity contribution in [1.29, 1.82) is 0 Å². The Balaban J connectivity index is 1.81. The van der Waals surface area contributed by atoms with Crippen molar-refractivity contribution >= 4 is 35.2 Å². The number of carbonyl (C=O) groups is 3. The maximum atomic E-state index is 14.4. The molecule has 1 aromatic rings. The van der Waals surface area contributed by atoms with Gasteiger partial charge in [-0.15, -0.1) is 18.3 Å². The number of hydrogen-bond donors (Lipinski definition) is 1. The van der Waals surface area contributed by atoms with Crippen LogP contribution in [0.2, 0.25) is 0 Å². The molecule has 0 radical (unpaired) electrons. The summed E-state index contributed by atoms with van der Waals surface area (Å²) in [6, 6.07) is 5.07. The molecule has 1 N–H and O–H groups in total. The van der Waals surface area contributed by atoms with Gasteiger partial charge < -0.3 is 19.6 Å². The first-order valence-electron chi connectivity index (χ1n) is 12.0. The molecule has 35 heavy (non-hydrogen) atoms. The Labute approximate surface area is 211 Å². The number of rotatable bonds is 9. The van der Waals surface area contributed by atoms with E-state index in [1.54, 1.807) is 22.7 Å². The largest absolute Gasteiger partial charge is 0.461 e. The molecule has 3 saturated heterocycles. The van der Waals surface area contributed by atoms with E-state index in [4.69, 9.17) is 4.74 Å². The lowest BCUT2D eigenvalue weighted by Gasteiger charge is -2.37. The standard InChI is InChI=1S/C27H34N2O5S/c1-6-13-28(21-17(3)9-8-10-18(21)4)24(32)22-27-12-11-26(5,35-27)20(25(33)34-16-7-2)19(27)23(31)29(22)14-15-30/h6-10,19-20,22,30H,1-2,11-16H2,3-5H3/t19-,20+,22?,26-,27?/m0/s1. The van der Waals surface area contributed by atoms with Gasteiger partial charge in [-0.1, -0.05) is 36.9 Å². The Morgan fingerprint density at radius 3 is 2.54 bits per heavy atom. The lowest BCUT2D eigenvalue weighted by molar-refractivity contribution is -0.154. The van der Waals surface area contributed by atoms with E-state index in [0.29, 0.717) is 12.8 Å². The van der Waals surface area contributed by atoms with Crippen molar-refractivity contribution in [2.45, 2.75) is 49.1 Å². The molecule has 1 spiro atoms. The predicted molar refractivity (Wildman–Crippen MR) is 137 cm³/mol. The first-order chi connectivity index (χ1) is 16.7. The van der Waals surface area contributed by atoms with Crippen LogP contribution in [0.4, 0.5) is 5.69 Å². The van der Waals surface area contributed by atoms with Crippen molar-refractivity contribution in [2.24, 2.45) is 11.8 Å². The first-order valence-corrected chi connectivity index (χ1v) is 12.9. The molecule has 188 valence electrons. The second-order valence-electron chi connectivity index (χ2n) is 9.88. The minimum absolute atomic E-state index is 0.0356. The van der Waals surface area contributed by atoms with Crippen molar-refractivity contribution in [3.8, 4) is 0 Å². The summed E-state index contributed by atoms with van der Waals surface area (Å²) in [7, 11) is 0. The molecule has 3 aliphatic heterocycles. The maximum Gasteiger partial charge on any atom is 0.311 e. The molecule has 0 aliphatic carbocycles. The minimum Gasteiger partial charge on any atom is -0.461 e. The second kappa shape index (κ2) is 9.47. The van der Waals surface area contributed by atoms with Crippen LogP contribution in [0.15, 0.2) is 43.5 Å². The molecular weight excluding hydrogens is 464 g/mol. The third-order valence-corrected chi connectivity index (χ3v) is 9.72. The number of carbonyl (C=O) groups excluding carboxylic acids is 3. The lowest BCUT2D eigenvalue weighted by atomic mass is 9.66. The number of anilines is 1. The van der Waals surface area contributed by atoms with E-state index in [2.05, 4.69) is 13.2 Å². The van der Waals surface area contributed by atoms with E-state index >= 15 is 0 Å². The van der Waals surface area contributed by atoms with Crippen LogP contribution in [-0.2, 0) is 19.1 Å². The minimum atomic E-state index is -0.796. The van der Waals surface area contributed by atoms with E-state index in [1.165, 1.54) is 11.0 Å². The quantitative estimate of drug-likeness (QED) is 0.416. The summed E-state index contributed by atoms with van der Waals surface area (Å²) in [6.07, 6.45) is 4.54. The fraction of sp³-hybridized carbons (Fsp3) is 0.519. The molecule has 4 rings (SSSR count). The smallest absolute Gasteiger partial charge is 0.311 e. The Hall–Kier alpha value is -2.58. The number of para-hydroxylation sites is 1. The van der Waals surface area contributed by atoms with Gasteiger partial charge in [0, 0.05) is 23.5 Å². The van der Waals surface area contributed by atoms with E-state index in [-0.39, 0.29) is 38.1 Å². The topological polar surface area (TPSA) is 87.1 Å². The van der Waals surface area contributed by atoms with E-state index in [9.17, 15) is 19.5 Å². The van der Waals surface area contributed by atoms with Gasteiger partial charge in [0.2, 0.25) is 5.91 Å². The molecule has 3 fully saturated rings. The van der Waals surface area contributed by atoms with Gasteiger partial charge in [-0.3, -0.25) is 14.4 Å². The highest BCUT2D eigenvalue weighted by atomic mass is 32.2. The molecular formula is C27H34N2O5S. The predicted octanol–water partition coefficient (Wildman–Crippen LogP) is 3.03. The van der Waals surface area contributed by atoms with Crippen molar-refractivity contribution < 1.29 is 24.2 Å². The van der Waals surface area contributed by atoms with E-state index in [1.807, 2.05) is 39.0 Å². The number of esters is 1. The van der Waals surface area contributed by atoms with Gasteiger partial charge in [0.25, 0.3) is 5.91 Å². The summed E-state index contributed by atoms with van der Waals surface area (Å²) < 4.78 is 4.17. The van der Waals surface area contributed by atoms with Crippen molar-refractivity contribution in [1.82, 2.24) is 4.90 Å². The monoisotopic (exact) mass is 498 g/mol. The molecule has 5 atom stereocenters. The van der Waals surface area contributed by atoms with Gasteiger partial charge in [0.15, 0.2) is 0 Å². The van der Waals surface area contributed by atoms with Gasteiger partial charge in [0.1, 0.15) is 12.6 Å². The number of aliphatic hydroxyl groups excluding tert-OH is 1. The third kappa shape index (κ3) is 3.82. The van der Waals surface area contributed by atoms with Crippen molar-refractivity contribution in [2.75, 3.05) is 31.2 Å². The number of aliphatic hydroxyl groups is 1. The van der Waals surface area contributed by atoms with Crippen LogP contribution in [0.3, 0.4) is 0 Å². The molecule has 3 aliphatic rings. The first kappa shape index (κ1) is 25.5. The van der Waals surface area contributed by atoms with Crippen LogP contribution in [0.5, 0.6) is 0 Å². The third-order valence-electron chi connectivity index (χ3n) is 7.74. The molecule has 8 heteroatoms. The molecule has 0 saturated carbocycles. The van der Waals surface area contributed by atoms with Gasteiger partial charge >= 0.3 is 5.97 Å². The molecule has 3 heterocycles. The van der Waals surface area contributed by atoms with Crippen LogP contribution in [0.25, 0.3) is 0 Å². The Morgan fingerprint density at radius 2 is 1.94 bits per heavy atom. The Morgan fingerprint density at radius 1 is 1.26 bits per heavy atom. The van der Waals surface area contributed by atoms with E-state index < -0.39 is 33.3 Å². The zero-order valence-corrected chi connectivity index (χ0v) is 21.5. The fourth-order valence-electron chi connectivity index (χ4n) is 6.44. The number of likely N-dealkylation sites (tertiary alicyclic amines) is 1. The molecule has 7 nitrogen and oxygen atoms in total. The normalized spacial score (nSPS) is 30.8. The molecule has 1 aromatic carbocycles. The van der Waals surface area contributed by atoms with Crippen LogP contribution < -0.4 is 4.90 Å².